The molecule has 17 heavy (non-hydrogen) atoms. The second-order valence-corrected chi connectivity index (χ2v) is 3.62. The largest absolute Gasteiger partial charge is 0.395 e. The number of amides is 1. The number of pyridine rings is 1. The average molecular weight is 265 g/mol. The van der Waals surface area contributed by atoms with Gasteiger partial charge < -0.3 is 10.0 Å². The van der Waals surface area contributed by atoms with Gasteiger partial charge in [-0.1, -0.05) is 11.6 Å². The van der Waals surface area contributed by atoms with Crippen molar-refractivity contribution in [3.63, 3.8) is 0 Å². The Bertz CT molecular complexity index is 373. The molecule has 1 aromatic heterocycles. The minimum absolute atomic E-state index is 0.147. The normalized spacial score (nSPS) is 10.6. The fraction of sp³-hybridized carbons (Fsp3) is 0.400. The van der Waals surface area contributed by atoms with E-state index in [2.05, 4.69) is 4.98 Å². The molecule has 0 spiro atoms. The lowest BCUT2D eigenvalue weighted by atomic mass is 10.2. The van der Waals surface area contributed by atoms with Crippen LogP contribution in [0, 0.1) is 0 Å². The maximum atomic E-state index is 12.2. The zero-order valence-corrected chi connectivity index (χ0v) is 9.57. The van der Waals surface area contributed by atoms with Gasteiger partial charge in [-0.3, -0.25) is 4.79 Å². The quantitative estimate of drug-likeness (QED) is 0.819. The number of carbonyl (C=O) groups is 1. The molecule has 1 N–H and O–H groups in total. The molecule has 0 saturated carbocycles. The third-order valence-electron chi connectivity index (χ3n) is 1.99. The molecule has 0 saturated heterocycles. The first-order valence-corrected chi connectivity index (χ1v) is 5.22. The number of aliphatic hydroxyl groups excluding tert-OH is 1. The summed E-state index contributed by atoms with van der Waals surface area (Å²) in [5.41, 5.74) is 0.156. The second-order valence-electron chi connectivity index (χ2n) is 3.24. The molecular formula is C10H11ClF2N2O2. The highest BCUT2D eigenvalue weighted by Gasteiger charge is 2.19. The Hall–Kier alpha value is -1.27. The first-order chi connectivity index (χ1) is 8.04. The van der Waals surface area contributed by atoms with Crippen LogP contribution < -0.4 is 0 Å². The van der Waals surface area contributed by atoms with Crippen molar-refractivity contribution in [2.75, 3.05) is 19.7 Å². The smallest absolute Gasteiger partial charge is 0.255 e. The highest BCUT2D eigenvalue weighted by atomic mass is 35.5. The Morgan fingerprint density at radius 3 is 2.71 bits per heavy atom. The summed E-state index contributed by atoms with van der Waals surface area (Å²) in [5.74, 6) is -0.608. The number of aromatic nitrogens is 1. The molecule has 0 atom stereocenters. The first-order valence-electron chi connectivity index (χ1n) is 4.84. The van der Waals surface area contributed by atoms with Gasteiger partial charge in [-0.15, -0.1) is 0 Å². The first kappa shape index (κ1) is 13.8. The van der Waals surface area contributed by atoms with Gasteiger partial charge in [-0.2, -0.15) is 0 Å². The Labute approximate surface area is 102 Å². The van der Waals surface area contributed by atoms with Crippen molar-refractivity contribution in [2.45, 2.75) is 6.43 Å². The molecule has 0 aliphatic heterocycles. The number of rotatable bonds is 5. The predicted octanol–water partition coefficient (Wildman–Crippen LogP) is 1.43. The lowest BCUT2D eigenvalue weighted by molar-refractivity contribution is 0.0509. The van der Waals surface area contributed by atoms with E-state index in [9.17, 15) is 13.6 Å². The molecule has 0 bridgehead atoms. The van der Waals surface area contributed by atoms with Crippen molar-refractivity contribution >= 4 is 17.5 Å². The van der Waals surface area contributed by atoms with Gasteiger partial charge >= 0.3 is 0 Å². The standard InChI is InChI=1S/C10H11ClF2N2O2/c11-8-2-1-7(5-14-8)10(17)15(3-4-16)6-9(12)13/h1-2,5,9,16H,3-4,6H2. The number of hydrogen-bond donors (Lipinski definition) is 1. The van der Waals surface area contributed by atoms with E-state index < -0.39 is 18.9 Å². The fourth-order valence-corrected chi connectivity index (χ4v) is 1.36. The maximum Gasteiger partial charge on any atom is 0.255 e. The van der Waals surface area contributed by atoms with Crippen molar-refractivity contribution < 1.29 is 18.7 Å². The molecular weight excluding hydrogens is 254 g/mol. The number of nitrogens with zero attached hydrogens (tertiary/aromatic N) is 2. The van der Waals surface area contributed by atoms with E-state index in [0.717, 1.165) is 4.90 Å². The molecule has 4 nitrogen and oxygen atoms in total. The van der Waals surface area contributed by atoms with Crippen molar-refractivity contribution in [3.8, 4) is 0 Å². The lowest BCUT2D eigenvalue weighted by Gasteiger charge is -2.21. The summed E-state index contributed by atoms with van der Waals surface area (Å²) in [6.07, 6.45) is -1.44. The van der Waals surface area contributed by atoms with Crippen LogP contribution in [0.2, 0.25) is 5.15 Å². The number of alkyl halides is 2. The molecule has 0 aromatic carbocycles. The molecule has 94 valence electrons. The van der Waals surface area contributed by atoms with Crippen LogP contribution >= 0.6 is 11.6 Å². The molecule has 1 aromatic rings. The van der Waals surface area contributed by atoms with E-state index in [1.165, 1.54) is 18.3 Å². The molecule has 1 amide bonds. The van der Waals surface area contributed by atoms with Crippen molar-refractivity contribution in [3.05, 3.63) is 29.0 Å². The van der Waals surface area contributed by atoms with Gasteiger partial charge in [-0.05, 0) is 12.1 Å². The summed E-state index contributed by atoms with van der Waals surface area (Å²) < 4.78 is 24.5. The van der Waals surface area contributed by atoms with Gasteiger partial charge in [0, 0.05) is 12.7 Å². The van der Waals surface area contributed by atoms with Crippen molar-refractivity contribution in [2.24, 2.45) is 0 Å². The molecule has 0 aliphatic rings. The maximum absolute atomic E-state index is 12.2. The van der Waals surface area contributed by atoms with Crippen LogP contribution in [0.5, 0.6) is 0 Å². The van der Waals surface area contributed by atoms with Crippen LogP contribution in [0.4, 0.5) is 8.78 Å². The van der Waals surface area contributed by atoms with Crippen LogP contribution in [0.15, 0.2) is 18.3 Å². The number of carbonyl (C=O) groups excluding carboxylic acids is 1. The third kappa shape index (κ3) is 4.24. The van der Waals surface area contributed by atoms with Crippen LogP contribution in [0.25, 0.3) is 0 Å². The molecule has 7 heteroatoms. The Morgan fingerprint density at radius 1 is 1.53 bits per heavy atom. The third-order valence-corrected chi connectivity index (χ3v) is 2.21. The Morgan fingerprint density at radius 2 is 2.24 bits per heavy atom. The summed E-state index contributed by atoms with van der Waals surface area (Å²) in [6.45, 7) is -1.24. The summed E-state index contributed by atoms with van der Waals surface area (Å²) in [5, 5.41) is 8.93. The van der Waals surface area contributed by atoms with Crippen LogP contribution in [0.1, 0.15) is 10.4 Å². The molecule has 0 unspecified atom stereocenters. The molecule has 0 fully saturated rings. The minimum atomic E-state index is -2.65. The predicted molar refractivity (Wildman–Crippen MR) is 58.2 cm³/mol. The summed E-state index contributed by atoms with van der Waals surface area (Å²) in [6, 6.07) is 2.79. The minimum Gasteiger partial charge on any atom is -0.395 e. The average Bonchev–Trinajstić information content (AvgIpc) is 2.28. The van der Waals surface area contributed by atoms with Gasteiger partial charge in [0.25, 0.3) is 12.3 Å². The number of halogens is 3. The van der Waals surface area contributed by atoms with E-state index in [1.54, 1.807) is 0 Å². The van der Waals surface area contributed by atoms with Crippen molar-refractivity contribution in [1.82, 2.24) is 9.88 Å². The zero-order chi connectivity index (χ0) is 12.8. The second kappa shape index (κ2) is 6.46. The van der Waals surface area contributed by atoms with Gasteiger partial charge in [0.2, 0.25) is 0 Å². The van der Waals surface area contributed by atoms with E-state index in [0.29, 0.717) is 0 Å². The van der Waals surface area contributed by atoms with E-state index in [4.69, 9.17) is 16.7 Å². The highest BCUT2D eigenvalue weighted by molar-refractivity contribution is 6.29. The molecule has 0 radical (unpaired) electrons. The number of hydrogen-bond acceptors (Lipinski definition) is 3. The van der Waals surface area contributed by atoms with Gasteiger partial charge in [-0.25, -0.2) is 13.8 Å². The molecule has 1 rings (SSSR count). The fourth-order valence-electron chi connectivity index (χ4n) is 1.25. The van der Waals surface area contributed by atoms with E-state index >= 15 is 0 Å². The summed E-state index contributed by atoms with van der Waals surface area (Å²) in [7, 11) is 0. The van der Waals surface area contributed by atoms with E-state index in [1.807, 2.05) is 0 Å². The monoisotopic (exact) mass is 264 g/mol. The number of aliphatic hydroxyl groups is 1. The van der Waals surface area contributed by atoms with Gasteiger partial charge in [0.05, 0.1) is 18.7 Å². The van der Waals surface area contributed by atoms with Crippen LogP contribution in [-0.2, 0) is 0 Å². The van der Waals surface area contributed by atoms with Gasteiger partial charge in [0.1, 0.15) is 5.15 Å². The Balaban J connectivity index is 2.79. The van der Waals surface area contributed by atoms with Crippen molar-refractivity contribution in [1.29, 1.82) is 0 Å². The Kier molecular flexibility index (Phi) is 5.24. The van der Waals surface area contributed by atoms with E-state index in [-0.39, 0.29) is 23.9 Å². The summed E-state index contributed by atoms with van der Waals surface area (Å²) >= 11 is 5.55. The highest BCUT2D eigenvalue weighted by Crippen LogP contribution is 2.09. The van der Waals surface area contributed by atoms with Gasteiger partial charge in [0.15, 0.2) is 0 Å². The lowest BCUT2D eigenvalue weighted by Crippen LogP contribution is -2.37. The van der Waals surface area contributed by atoms with Crippen LogP contribution in [0.3, 0.4) is 0 Å². The topological polar surface area (TPSA) is 53.4 Å². The zero-order valence-electron chi connectivity index (χ0n) is 8.81. The molecule has 1 heterocycles. The SMILES string of the molecule is O=C(c1ccc(Cl)nc1)N(CCO)CC(F)F. The summed E-state index contributed by atoms with van der Waals surface area (Å²) in [4.78, 5) is 16.3. The van der Waals surface area contributed by atoms with Crippen LogP contribution in [-0.4, -0.2) is 47.0 Å². The molecule has 0 aliphatic carbocycles.